The lowest BCUT2D eigenvalue weighted by Gasteiger charge is -2.18. The number of methoxy groups -OCH3 is 1. The Hall–Kier alpha value is -0.870. The van der Waals surface area contributed by atoms with Gasteiger partial charge >= 0.3 is 0 Å². The summed E-state index contributed by atoms with van der Waals surface area (Å²) in [5, 5.41) is 3.61. The minimum absolute atomic E-state index is 0.221. The summed E-state index contributed by atoms with van der Waals surface area (Å²) in [6.07, 6.45) is 2.07. The van der Waals surface area contributed by atoms with Gasteiger partial charge < -0.3 is 10.1 Å². The van der Waals surface area contributed by atoms with Crippen LogP contribution in [0.3, 0.4) is 0 Å². The van der Waals surface area contributed by atoms with Gasteiger partial charge in [-0.3, -0.25) is 0 Å². The fraction of sp³-hybridized carbons (Fsp3) is 0.412. The van der Waals surface area contributed by atoms with Crippen LogP contribution in [0, 0.1) is 0 Å². The Morgan fingerprint density at radius 1 is 1.19 bits per heavy atom. The summed E-state index contributed by atoms with van der Waals surface area (Å²) < 4.78 is 5.96. The van der Waals surface area contributed by atoms with E-state index < -0.39 is 0 Å². The van der Waals surface area contributed by atoms with E-state index in [-0.39, 0.29) is 6.04 Å². The fourth-order valence-electron chi connectivity index (χ4n) is 2.25. The second-order valence-corrected chi connectivity index (χ2v) is 6.76. The molecule has 114 valence electrons. The van der Waals surface area contributed by atoms with Crippen LogP contribution in [-0.4, -0.2) is 20.3 Å². The first-order valence-electron chi connectivity index (χ1n) is 7.31. The molecule has 2 rings (SSSR count). The Labute approximate surface area is 136 Å². The lowest BCUT2D eigenvalue weighted by atomic mass is 10.0. The fourth-order valence-corrected chi connectivity index (χ4v) is 3.42. The van der Waals surface area contributed by atoms with Crippen molar-refractivity contribution in [3.8, 4) is 0 Å². The number of rotatable bonds is 8. The van der Waals surface area contributed by atoms with Crippen molar-refractivity contribution in [3.05, 3.63) is 56.7 Å². The third-order valence-corrected chi connectivity index (χ3v) is 4.68. The van der Waals surface area contributed by atoms with Crippen LogP contribution in [-0.2, 0) is 11.2 Å². The van der Waals surface area contributed by atoms with E-state index >= 15 is 0 Å². The van der Waals surface area contributed by atoms with Crippen molar-refractivity contribution in [2.45, 2.75) is 25.8 Å². The molecule has 1 N–H and O–H groups in total. The average molecular weight is 324 g/mol. The maximum absolute atomic E-state index is 6.09. The van der Waals surface area contributed by atoms with E-state index in [0.717, 1.165) is 30.3 Å². The van der Waals surface area contributed by atoms with Gasteiger partial charge in [-0.25, -0.2) is 0 Å². The van der Waals surface area contributed by atoms with Crippen molar-refractivity contribution in [1.29, 1.82) is 0 Å². The average Bonchev–Trinajstić information content (AvgIpc) is 2.93. The lowest BCUT2D eigenvalue weighted by molar-refractivity contribution is 0.202. The van der Waals surface area contributed by atoms with Crippen LogP contribution in [0.5, 0.6) is 0 Å². The Kier molecular flexibility index (Phi) is 6.71. The number of halogens is 1. The number of ether oxygens (including phenoxy) is 1. The summed E-state index contributed by atoms with van der Waals surface area (Å²) in [7, 11) is 1.74. The van der Waals surface area contributed by atoms with Crippen LogP contribution in [0.25, 0.3) is 0 Å². The highest BCUT2D eigenvalue weighted by Crippen LogP contribution is 2.31. The predicted molar refractivity (Wildman–Crippen MR) is 91.5 cm³/mol. The van der Waals surface area contributed by atoms with E-state index in [1.807, 2.05) is 6.07 Å². The molecule has 1 heterocycles. The first-order valence-corrected chi connectivity index (χ1v) is 8.50. The van der Waals surface area contributed by atoms with Gasteiger partial charge in [0.05, 0.1) is 17.0 Å². The highest BCUT2D eigenvalue weighted by atomic mass is 35.5. The number of benzene rings is 1. The first-order chi connectivity index (χ1) is 10.2. The van der Waals surface area contributed by atoms with Crippen molar-refractivity contribution < 1.29 is 4.74 Å². The van der Waals surface area contributed by atoms with Crippen LogP contribution >= 0.6 is 22.9 Å². The normalized spacial score (nSPS) is 12.5. The van der Waals surface area contributed by atoms with Gasteiger partial charge in [0.1, 0.15) is 0 Å². The highest BCUT2D eigenvalue weighted by Gasteiger charge is 2.15. The van der Waals surface area contributed by atoms with E-state index in [4.69, 9.17) is 16.3 Å². The number of hydrogen-bond donors (Lipinski definition) is 1. The molecule has 0 saturated heterocycles. The molecular weight excluding hydrogens is 302 g/mol. The maximum Gasteiger partial charge on any atom is 0.0931 e. The summed E-state index contributed by atoms with van der Waals surface area (Å²) in [4.78, 5) is 1.26. The molecule has 2 aromatic rings. The zero-order valence-corrected chi connectivity index (χ0v) is 14.1. The molecule has 0 fully saturated rings. The molecule has 4 heteroatoms. The predicted octanol–water partition coefficient (Wildman–Crippen LogP) is 4.68. The Morgan fingerprint density at radius 2 is 1.95 bits per heavy atom. The summed E-state index contributed by atoms with van der Waals surface area (Å²) in [6, 6.07) is 13.1. The standard InChI is InChI=1S/C17H22ClNOS/c1-3-11-19-17(15-8-9-16(18)21-15)14-6-4-13(5-7-14)10-12-20-2/h4-9,17,19H,3,10-12H2,1-2H3. The van der Waals surface area contributed by atoms with Gasteiger partial charge in [-0.1, -0.05) is 42.8 Å². The van der Waals surface area contributed by atoms with Crippen LogP contribution < -0.4 is 5.32 Å². The van der Waals surface area contributed by atoms with Crippen LogP contribution in [0.2, 0.25) is 4.34 Å². The monoisotopic (exact) mass is 323 g/mol. The van der Waals surface area contributed by atoms with Gasteiger partial charge in [0.2, 0.25) is 0 Å². The number of nitrogens with one attached hydrogen (secondary N) is 1. The third-order valence-electron chi connectivity index (χ3n) is 3.38. The molecule has 0 saturated carbocycles. The summed E-state index contributed by atoms with van der Waals surface area (Å²) >= 11 is 7.73. The van der Waals surface area contributed by atoms with Crippen LogP contribution in [0.15, 0.2) is 36.4 Å². The van der Waals surface area contributed by atoms with Gasteiger partial charge in [0.15, 0.2) is 0 Å². The second-order valence-electron chi connectivity index (χ2n) is 5.01. The molecule has 1 unspecified atom stereocenters. The smallest absolute Gasteiger partial charge is 0.0931 e. The van der Waals surface area contributed by atoms with Gasteiger partial charge in [0, 0.05) is 12.0 Å². The second kappa shape index (κ2) is 8.54. The number of hydrogen-bond acceptors (Lipinski definition) is 3. The molecular formula is C17H22ClNOS. The molecule has 1 aromatic carbocycles. The van der Waals surface area contributed by atoms with Crippen molar-refractivity contribution >= 4 is 22.9 Å². The Bertz CT molecular complexity index is 538. The molecule has 0 radical (unpaired) electrons. The van der Waals surface area contributed by atoms with Gasteiger partial charge in [-0.2, -0.15) is 0 Å². The molecule has 0 amide bonds. The molecule has 1 aromatic heterocycles. The molecule has 2 nitrogen and oxygen atoms in total. The molecule has 0 spiro atoms. The molecule has 21 heavy (non-hydrogen) atoms. The van der Waals surface area contributed by atoms with Gasteiger partial charge in [0.25, 0.3) is 0 Å². The minimum Gasteiger partial charge on any atom is -0.384 e. The molecule has 1 atom stereocenters. The minimum atomic E-state index is 0.221. The zero-order valence-electron chi connectivity index (χ0n) is 12.6. The van der Waals surface area contributed by atoms with E-state index in [1.54, 1.807) is 18.4 Å². The highest BCUT2D eigenvalue weighted by molar-refractivity contribution is 7.16. The van der Waals surface area contributed by atoms with E-state index in [9.17, 15) is 0 Å². The molecule has 0 aliphatic heterocycles. The molecule has 0 aliphatic rings. The van der Waals surface area contributed by atoms with E-state index in [1.165, 1.54) is 16.0 Å². The first kappa shape index (κ1) is 16.5. The third kappa shape index (κ3) is 4.82. The van der Waals surface area contributed by atoms with Crippen LogP contribution in [0.1, 0.15) is 35.4 Å². The van der Waals surface area contributed by atoms with E-state index in [0.29, 0.717) is 0 Å². The van der Waals surface area contributed by atoms with Gasteiger partial charge in [-0.15, -0.1) is 11.3 Å². The summed E-state index contributed by atoms with van der Waals surface area (Å²) in [5.74, 6) is 0. The topological polar surface area (TPSA) is 21.3 Å². The van der Waals surface area contributed by atoms with Crippen molar-refractivity contribution in [2.24, 2.45) is 0 Å². The van der Waals surface area contributed by atoms with Crippen molar-refractivity contribution in [2.75, 3.05) is 20.3 Å². The molecule has 0 bridgehead atoms. The van der Waals surface area contributed by atoms with Gasteiger partial charge in [-0.05, 0) is 42.6 Å². The van der Waals surface area contributed by atoms with Crippen molar-refractivity contribution in [3.63, 3.8) is 0 Å². The molecule has 0 aliphatic carbocycles. The zero-order chi connectivity index (χ0) is 15.1. The Morgan fingerprint density at radius 3 is 2.52 bits per heavy atom. The largest absolute Gasteiger partial charge is 0.384 e. The number of thiophene rings is 1. The SMILES string of the molecule is CCCNC(c1ccc(CCOC)cc1)c1ccc(Cl)s1. The van der Waals surface area contributed by atoms with Crippen molar-refractivity contribution in [1.82, 2.24) is 5.32 Å². The van der Waals surface area contributed by atoms with Crippen LogP contribution in [0.4, 0.5) is 0 Å². The summed E-state index contributed by atoms with van der Waals surface area (Å²) in [6.45, 7) is 3.93. The Balaban J connectivity index is 2.16. The maximum atomic E-state index is 6.09. The van der Waals surface area contributed by atoms with E-state index in [2.05, 4.69) is 42.6 Å². The summed E-state index contributed by atoms with van der Waals surface area (Å²) in [5.41, 5.74) is 2.59. The lowest BCUT2D eigenvalue weighted by Crippen LogP contribution is -2.22. The quantitative estimate of drug-likeness (QED) is 0.761.